The van der Waals surface area contributed by atoms with E-state index in [1.807, 2.05) is 28.8 Å². The predicted octanol–water partition coefficient (Wildman–Crippen LogP) is 3.36. The van der Waals surface area contributed by atoms with E-state index in [1.165, 1.54) is 17.8 Å². The van der Waals surface area contributed by atoms with E-state index in [0.29, 0.717) is 15.3 Å². The first-order valence-electron chi connectivity index (χ1n) is 5.37. The Hall–Kier alpha value is -1.60. The fraction of sp³-hybridized carbons (Fsp3) is 0. The molecule has 2 aromatic heterocycles. The summed E-state index contributed by atoms with van der Waals surface area (Å²) in [4.78, 5) is 0.728. The highest BCUT2D eigenvalue weighted by Crippen LogP contribution is 2.34. The van der Waals surface area contributed by atoms with Crippen LogP contribution >= 0.6 is 27.7 Å². The Morgan fingerprint density at radius 1 is 1.26 bits per heavy atom. The topological polar surface area (TPSA) is 56.2 Å². The average molecular weight is 339 g/mol. The lowest BCUT2D eigenvalue weighted by atomic mass is 10.3. The van der Waals surface area contributed by atoms with Crippen molar-refractivity contribution in [1.29, 1.82) is 0 Å². The Labute approximate surface area is 121 Å². The van der Waals surface area contributed by atoms with Gasteiger partial charge in [0.25, 0.3) is 0 Å². The lowest BCUT2D eigenvalue weighted by Crippen LogP contribution is -1.93. The van der Waals surface area contributed by atoms with Gasteiger partial charge in [0.15, 0.2) is 5.65 Å². The minimum atomic E-state index is -0.382. The number of hydrogen-bond donors (Lipinski definition) is 1. The molecule has 4 nitrogen and oxygen atoms in total. The van der Waals surface area contributed by atoms with Crippen LogP contribution in [0, 0.1) is 5.82 Å². The van der Waals surface area contributed by atoms with Crippen LogP contribution in [0.25, 0.3) is 5.65 Å². The lowest BCUT2D eigenvalue weighted by Gasteiger charge is -2.05. The molecule has 0 aliphatic carbocycles. The van der Waals surface area contributed by atoms with Crippen molar-refractivity contribution in [2.75, 3.05) is 5.73 Å². The molecule has 2 heterocycles. The molecule has 0 amide bonds. The van der Waals surface area contributed by atoms with E-state index in [-0.39, 0.29) is 5.82 Å². The fourth-order valence-electron chi connectivity index (χ4n) is 1.62. The molecule has 2 N–H and O–H groups in total. The summed E-state index contributed by atoms with van der Waals surface area (Å²) in [5.41, 5.74) is 6.94. The van der Waals surface area contributed by atoms with Gasteiger partial charge in [0.1, 0.15) is 5.82 Å². The maximum absolute atomic E-state index is 13.3. The van der Waals surface area contributed by atoms with Crippen molar-refractivity contribution < 1.29 is 4.39 Å². The molecule has 19 heavy (non-hydrogen) atoms. The third-order valence-electron chi connectivity index (χ3n) is 2.54. The molecule has 96 valence electrons. The molecule has 0 bridgehead atoms. The summed E-state index contributed by atoms with van der Waals surface area (Å²) in [7, 11) is 0. The smallest absolute Gasteiger partial charge is 0.200 e. The van der Waals surface area contributed by atoms with Crippen molar-refractivity contribution in [3.63, 3.8) is 0 Å². The summed E-state index contributed by atoms with van der Waals surface area (Å²) in [6, 6.07) is 8.57. The van der Waals surface area contributed by atoms with Crippen LogP contribution in [0.2, 0.25) is 0 Å². The molecule has 0 aliphatic rings. The first-order valence-corrected chi connectivity index (χ1v) is 6.98. The van der Waals surface area contributed by atoms with Crippen molar-refractivity contribution >= 4 is 39.0 Å². The van der Waals surface area contributed by atoms with Crippen LogP contribution in [0.4, 0.5) is 10.1 Å². The standard InChI is InChI=1S/C12H8BrFN4S/c13-7-5-10(9(15)6-8(7)14)19-12-17-16-11-3-1-2-4-18(11)12/h1-6H,15H2. The quantitative estimate of drug-likeness (QED) is 0.728. The van der Waals surface area contributed by atoms with Gasteiger partial charge in [-0.05, 0) is 52.0 Å². The molecule has 0 fully saturated rings. The number of benzene rings is 1. The zero-order valence-electron chi connectivity index (χ0n) is 9.55. The number of nitrogens with two attached hydrogens (primary N) is 1. The molecule has 0 unspecified atom stereocenters. The maximum atomic E-state index is 13.3. The van der Waals surface area contributed by atoms with Crippen molar-refractivity contribution in [3.05, 3.63) is 46.8 Å². The van der Waals surface area contributed by atoms with Gasteiger partial charge in [-0.1, -0.05) is 6.07 Å². The molecule has 3 aromatic rings. The van der Waals surface area contributed by atoms with E-state index < -0.39 is 0 Å². The molecular weight excluding hydrogens is 331 g/mol. The summed E-state index contributed by atoms with van der Waals surface area (Å²) >= 11 is 4.49. The number of fused-ring (bicyclic) bond motifs is 1. The van der Waals surface area contributed by atoms with E-state index in [0.717, 1.165) is 10.5 Å². The van der Waals surface area contributed by atoms with Gasteiger partial charge in [-0.3, -0.25) is 4.40 Å². The number of pyridine rings is 1. The van der Waals surface area contributed by atoms with Crippen LogP contribution in [0.3, 0.4) is 0 Å². The zero-order valence-corrected chi connectivity index (χ0v) is 11.9. The summed E-state index contributed by atoms with van der Waals surface area (Å²) in [6.07, 6.45) is 1.87. The highest BCUT2D eigenvalue weighted by atomic mass is 79.9. The predicted molar refractivity (Wildman–Crippen MR) is 75.6 cm³/mol. The molecule has 7 heteroatoms. The van der Waals surface area contributed by atoms with Crippen LogP contribution in [0.1, 0.15) is 0 Å². The Kier molecular flexibility index (Phi) is 3.16. The van der Waals surface area contributed by atoms with Crippen molar-refractivity contribution in [3.8, 4) is 0 Å². The molecule has 0 spiro atoms. The summed E-state index contributed by atoms with van der Waals surface area (Å²) in [6.45, 7) is 0. The average Bonchev–Trinajstić information content (AvgIpc) is 2.80. The number of aromatic nitrogens is 3. The largest absolute Gasteiger partial charge is 0.398 e. The minimum absolute atomic E-state index is 0.373. The Bertz CT molecular complexity index is 759. The summed E-state index contributed by atoms with van der Waals surface area (Å²) < 4.78 is 15.5. The molecule has 0 radical (unpaired) electrons. The number of nitrogen functional groups attached to an aromatic ring is 1. The number of nitrogens with zero attached hydrogens (tertiary/aromatic N) is 3. The third kappa shape index (κ3) is 2.31. The number of rotatable bonds is 2. The van der Waals surface area contributed by atoms with Crippen molar-refractivity contribution in [2.24, 2.45) is 0 Å². The molecule has 0 saturated heterocycles. The number of hydrogen-bond acceptors (Lipinski definition) is 4. The minimum Gasteiger partial charge on any atom is -0.398 e. The normalized spacial score (nSPS) is 11.1. The second-order valence-corrected chi connectivity index (χ2v) is 5.68. The lowest BCUT2D eigenvalue weighted by molar-refractivity contribution is 0.620. The number of halogens is 2. The first kappa shape index (κ1) is 12.4. The Balaban J connectivity index is 2.04. The molecule has 0 atom stereocenters. The van der Waals surface area contributed by atoms with Gasteiger partial charge in [-0.15, -0.1) is 10.2 Å². The first-order chi connectivity index (χ1) is 9.15. The van der Waals surface area contributed by atoms with Gasteiger partial charge in [0, 0.05) is 16.8 Å². The van der Waals surface area contributed by atoms with E-state index in [4.69, 9.17) is 5.73 Å². The van der Waals surface area contributed by atoms with E-state index >= 15 is 0 Å². The van der Waals surface area contributed by atoms with Crippen LogP contribution in [-0.2, 0) is 0 Å². The Morgan fingerprint density at radius 3 is 2.95 bits per heavy atom. The fourth-order valence-corrected chi connectivity index (χ4v) is 3.00. The molecule has 0 saturated carbocycles. The second-order valence-electron chi connectivity index (χ2n) is 3.82. The van der Waals surface area contributed by atoms with Crippen LogP contribution < -0.4 is 5.73 Å². The van der Waals surface area contributed by atoms with Crippen LogP contribution in [-0.4, -0.2) is 14.6 Å². The summed E-state index contributed by atoms with van der Waals surface area (Å²) in [5, 5.41) is 8.83. The third-order valence-corrected chi connectivity index (χ3v) is 4.18. The molecule has 1 aromatic carbocycles. The van der Waals surface area contributed by atoms with Gasteiger partial charge in [0.05, 0.1) is 4.47 Å². The highest BCUT2D eigenvalue weighted by Gasteiger charge is 2.11. The van der Waals surface area contributed by atoms with Gasteiger partial charge >= 0.3 is 0 Å². The number of anilines is 1. The van der Waals surface area contributed by atoms with Crippen molar-refractivity contribution in [2.45, 2.75) is 10.1 Å². The zero-order chi connectivity index (χ0) is 13.4. The van der Waals surface area contributed by atoms with Crippen LogP contribution in [0.5, 0.6) is 0 Å². The van der Waals surface area contributed by atoms with Crippen LogP contribution in [0.15, 0.2) is 51.1 Å². The molecule has 3 rings (SSSR count). The highest BCUT2D eigenvalue weighted by molar-refractivity contribution is 9.10. The van der Waals surface area contributed by atoms with Gasteiger partial charge in [-0.2, -0.15) is 0 Å². The van der Waals surface area contributed by atoms with Crippen molar-refractivity contribution in [1.82, 2.24) is 14.6 Å². The second kappa shape index (κ2) is 4.82. The monoisotopic (exact) mass is 338 g/mol. The van der Waals surface area contributed by atoms with E-state index in [9.17, 15) is 4.39 Å². The van der Waals surface area contributed by atoms with E-state index in [1.54, 1.807) is 6.07 Å². The van der Waals surface area contributed by atoms with Gasteiger partial charge in [0.2, 0.25) is 5.16 Å². The van der Waals surface area contributed by atoms with Gasteiger partial charge < -0.3 is 5.73 Å². The summed E-state index contributed by atoms with van der Waals surface area (Å²) in [5.74, 6) is -0.382. The molecular formula is C12H8BrFN4S. The van der Waals surface area contributed by atoms with Gasteiger partial charge in [-0.25, -0.2) is 4.39 Å². The van der Waals surface area contributed by atoms with E-state index in [2.05, 4.69) is 26.1 Å². The Morgan fingerprint density at radius 2 is 2.11 bits per heavy atom. The maximum Gasteiger partial charge on any atom is 0.200 e. The molecule has 0 aliphatic heterocycles. The SMILES string of the molecule is Nc1cc(F)c(Br)cc1Sc1nnc2ccccn12.